The Balaban J connectivity index is 1.54. The number of likely N-dealkylation sites (N-methyl/N-ethyl adjacent to an activating group) is 1. The van der Waals surface area contributed by atoms with Crippen molar-refractivity contribution < 1.29 is 17.9 Å². The lowest BCUT2D eigenvalue weighted by Gasteiger charge is -2.31. The van der Waals surface area contributed by atoms with E-state index in [0.29, 0.717) is 73.9 Å². The summed E-state index contributed by atoms with van der Waals surface area (Å²) in [5.41, 5.74) is 2.11. The zero-order valence-corrected chi connectivity index (χ0v) is 19.6. The molecule has 1 aliphatic rings. The van der Waals surface area contributed by atoms with Gasteiger partial charge in [0, 0.05) is 58.2 Å². The van der Waals surface area contributed by atoms with Gasteiger partial charge in [0.25, 0.3) is 5.91 Å². The van der Waals surface area contributed by atoms with Crippen LogP contribution in [0.15, 0.2) is 41.4 Å². The molecule has 0 atom stereocenters. The standard InChI is InChI=1S/C22H28N6O4S/c1-27-11-13-28(14-12-27)33(30,31)17-6-4-16(5-7-17)20-25-19-18(8-10-23-21(19)26-20)22(29)24-9-3-15-32-2/h4-8,10H,3,9,11-15H2,1-2H3,(H,24,29)(H,23,25,26). The topological polar surface area (TPSA) is 121 Å². The van der Waals surface area contributed by atoms with Crippen LogP contribution in [0.2, 0.25) is 0 Å². The van der Waals surface area contributed by atoms with Crippen LogP contribution in [0.3, 0.4) is 0 Å². The molecule has 1 aromatic carbocycles. The molecule has 11 heteroatoms. The van der Waals surface area contributed by atoms with E-state index in [1.54, 1.807) is 43.6 Å². The van der Waals surface area contributed by atoms with Crippen molar-refractivity contribution in [3.05, 3.63) is 42.1 Å². The van der Waals surface area contributed by atoms with E-state index in [-0.39, 0.29) is 10.8 Å². The van der Waals surface area contributed by atoms with Crippen molar-refractivity contribution in [3.8, 4) is 11.4 Å². The molecule has 33 heavy (non-hydrogen) atoms. The number of hydrogen-bond donors (Lipinski definition) is 2. The molecule has 0 unspecified atom stereocenters. The molecule has 1 saturated heterocycles. The third-order valence-corrected chi connectivity index (χ3v) is 7.59. The third-order valence-electron chi connectivity index (χ3n) is 5.68. The number of aromatic nitrogens is 3. The zero-order valence-electron chi connectivity index (χ0n) is 18.7. The van der Waals surface area contributed by atoms with Crippen molar-refractivity contribution in [1.29, 1.82) is 0 Å². The smallest absolute Gasteiger partial charge is 0.253 e. The molecule has 3 heterocycles. The van der Waals surface area contributed by atoms with Gasteiger partial charge in [-0.05, 0) is 43.8 Å². The number of aromatic amines is 1. The summed E-state index contributed by atoms with van der Waals surface area (Å²) >= 11 is 0. The minimum Gasteiger partial charge on any atom is -0.385 e. The fourth-order valence-electron chi connectivity index (χ4n) is 3.71. The Hall–Kier alpha value is -2.86. The highest BCUT2D eigenvalue weighted by Gasteiger charge is 2.27. The van der Waals surface area contributed by atoms with Crippen LogP contribution < -0.4 is 5.32 Å². The molecule has 1 aliphatic heterocycles. The molecule has 1 fully saturated rings. The lowest BCUT2D eigenvalue weighted by atomic mass is 10.2. The van der Waals surface area contributed by atoms with E-state index < -0.39 is 10.0 Å². The molecule has 2 N–H and O–H groups in total. The Morgan fingerprint density at radius 2 is 1.88 bits per heavy atom. The minimum atomic E-state index is -3.54. The van der Waals surface area contributed by atoms with Gasteiger partial charge < -0.3 is 19.9 Å². The fraction of sp³-hybridized carbons (Fsp3) is 0.409. The van der Waals surface area contributed by atoms with Crippen molar-refractivity contribution in [1.82, 2.24) is 29.5 Å². The quantitative estimate of drug-likeness (QED) is 0.475. The van der Waals surface area contributed by atoms with Gasteiger partial charge >= 0.3 is 0 Å². The summed E-state index contributed by atoms with van der Waals surface area (Å²) < 4.78 is 32.4. The van der Waals surface area contributed by atoms with Crippen LogP contribution in [-0.4, -0.2) is 92.0 Å². The number of amides is 1. The highest BCUT2D eigenvalue weighted by molar-refractivity contribution is 7.89. The highest BCUT2D eigenvalue weighted by atomic mass is 32.2. The molecule has 3 aromatic rings. The molecule has 4 rings (SSSR count). The summed E-state index contributed by atoms with van der Waals surface area (Å²) in [5.74, 6) is 0.294. The van der Waals surface area contributed by atoms with E-state index in [1.165, 1.54) is 4.31 Å². The number of nitrogens with one attached hydrogen (secondary N) is 2. The molecule has 0 aliphatic carbocycles. The third kappa shape index (κ3) is 5.06. The number of hydrogen-bond acceptors (Lipinski definition) is 7. The molecule has 1 amide bonds. The summed E-state index contributed by atoms with van der Waals surface area (Å²) in [6, 6.07) is 8.25. The summed E-state index contributed by atoms with van der Waals surface area (Å²) in [4.78, 5) is 26.9. The lowest BCUT2D eigenvalue weighted by Crippen LogP contribution is -2.46. The Morgan fingerprint density at radius 1 is 1.15 bits per heavy atom. The average molecular weight is 473 g/mol. The van der Waals surface area contributed by atoms with Crippen LogP contribution in [0.5, 0.6) is 0 Å². The van der Waals surface area contributed by atoms with Crippen molar-refractivity contribution in [2.45, 2.75) is 11.3 Å². The molecule has 2 aromatic heterocycles. The fourth-order valence-corrected chi connectivity index (χ4v) is 5.14. The number of pyridine rings is 1. The van der Waals surface area contributed by atoms with Crippen molar-refractivity contribution in [3.63, 3.8) is 0 Å². The van der Waals surface area contributed by atoms with Crippen LogP contribution in [0.4, 0.5) is 0 Å². The maximum Gasteiger partial charge on any atom is 0.253 e. The van der Waals surface area contributed by atoms with Crippen molar-refractivity contribution in [2.75, 3.05) is 53.5 Å². The van der Waals surface area contributed by atoms with Crippen LogP contribution >= 0.6 is 0 Å². The van der Waals surface area contributed by atoms with E-state index in [0.717, 1.165) is 0 Å². The normalized spacial score (nSPS) is 15.7. The molecule has 10 nitrogen and oxygen atoms in total. The Bertz CT molecular complexity index is 1220. The number of imidazole rings is 1. The first-order chi connectivity index (χ1) is 15.9. The number of sulfonamides is 1. The van der Waals surface area contributed by atoms with Gasteiger partial charge in [-0.3, -0.25) is 4.79 Å². The van der Waals surface area contributed by atoms with E-state index in [1.807, 2.05) is 7.05 Å². The van der Waals surface area contributed by atoms with E-state index in [9.17, 15) is 13.2 Å². The Morgan fingerprint density at radius 3 is 2.58 bits per heavy atom. The first-order valence-electron chi connectivity index (χ1n) is 10.8. The molecular formula is C22H28N6O4S. The largest absolute Gasteiger partial charge is 0.385 e. The first-order valence-corrected chi connectivity index (χ1v) is 12.2. The average Bonchev–Trinajstić information content (AvgIpc) is 3.26. The van der Waals surface area contributed by atoms with Crippen molar-refractivity contribution in [2.24, 2.45) is 0 Å². The van der Waals surface area contributed by atoms with Gasteiger partial charge in [-0.1, -0.05) is 0 Å². The number of H-pyrrole nitrogens is 1. The summed E-state index contributed by atoms with van der Waals surface area (Å²) in [6.45, 7) is 3.46. The predicted octanol–water partition coefficient (Wildman–Crippen LogP) is 1.33. The number of rotatable bonds is 8. The number of piperazine rings is 1. The molecule has 0 spiro atoms. The molecule has 0 bridgehead atoms. The maximum absolute atomic E-state index is 13.0. The van der Waals surface area contributed by atoms with Gasteiger partial charge in [-0.2, -0.15) is 4.31 Å². The SMILES string of the molecule is COCCCNC(=O)c1ccnc2nc(-c3ccc(S(=O)(=O)N4CCN(C)CC4)cc3)[nH]c12. The van der Waals surface area contributed by atoms with Gasteiger partial charge in [0.1, 0.15) is 5.82 Å². The number of ether oxygens (including phenoxy) is 1. The first kappa shape index (κ1) is 23.3. The predicted molar refractivity (Wildman–Crippen MR) is 124 cm³/mol. The summed E-state index contributed by atoms with van der Waals surface area (Å²) in [5, 5.41) is 2.86. The van der Waals surface area contributed by atoms with Crippen LogP contribution in [0.25, 0.3) is 22.6 Å². The van der Waals surface area contributed by atoms with Crippen LogP contribution in [-0.2, 0) is 14.8 Å². The van der Waals surface area contributed by atoms with Crippen LogP contribution in [0, 0.1) is 0 Å². The lowest BCUT2D eigenvalue weighted by molar-refractivity contribution is 0.0950. The molecule has 176 valence electrons. The zero-order chi connectivity index (χ0) is 23.4. The minimum absolute atomic E-state index is 0.220. The summed E-state index contributed by atoms with van der Waals surface area (Å²) in [7, 11) is 0.0650. The molecule has 0 radical (unpaired) electrons. The number of nitrogens with zero attached hydrogens (tertiary/aromatic N) is 4. The van der Waals surface area contributed by atoms with Crippen molar-refractivity contribution >= 4 is 27.1 Å². The number of methoxy groups -OCH3 is 1. The van der Waals surface area contributed by atoms with Gasteiger partial charge in [0.15, 0.2) is 5.65 Å². The summed E-state index contributed by atoms with van der Waals surface area (Å²) in [6.07, 6.45) is 2.26. The maximum atomic E-state index is 13.0. The molecular weight excluding hydrogens is 444 g/mol. The number of carbonyl (C=O) groups is 1. The Labute approximate surface area is 193 Å². The Kier molecular flexibility index (Phi) is 7.03. The number of carbonyl (C=O) groups excluding carboxylic acids is 1. The highest BCUT2D eigenvalue weighted by Crippen LogP contribution is 2.24. The van der Waals surface area contributed by atoms with Gasteiger partial charge in [0.2, 0.25) is 10.0 Å². The van der Waals surface area contributed by atoms with Gasteiger partial charge in [-0.15, -0.1) is 0 Å². The number of benzene rings is 1. The second-order valence-corrected chi connectivity index (χ2v) is 9.91. The number of fused-ring (bicyclic) bond motifs is 1. The van der Waals surface area contributed by atoms with E-state index >= 15 is 0 Å². The molecule has 0 saturated carbocycles. The van der Waals surface area contributed by atoms with E-state index in [4.69, 9.17) is 4.74 Å². The second-order valence-electron chi connectivity index (χ2n) is 7.98. The van der Waals surface area contributed by atoms with E-state index in [2.05, 4.69) is 25.2 Å². The van der Waals surface area contributed by atoms with Gasteiger partial charge in [0.05, 0.1) is 16.0 Å². The van der Waals surface area contributed by atoms with Gasteiger partial charge in [-0.25, -0.2) is 18.4 Å². The van der Waals surface area contributed by atoms with Crippen LogP contribution in [0.1, 0.15) is 16.8 Å². The second kappa shape index (κ2) is 9.96. The monoisotopic (exact) mass is 472 g/mol.